The molecule has 252 valence electrons. The Labute approximate surface area is 274 Å². The maximum atomic E-state index is 13.5. The van der Waals surface area contributed by atoms with Crippen molar-refractivity contribution in [3.8, 4) is 17.2 Å². The number of nitrogens with zero attached hydrogens (tertiary/aromatic N) is 3. The third kappa shape index (κ3) is 10.2. The van der Waals surface area contributed by atoms with E-state index in [9.17, 15) is 19.2 Å². The monoisotopic (exact) mass is 649 g/mol. The van der Waals surface area contributed by atoms with E-state index in [4.69, 9.17) is 14.2 Å². The lowest BCUT2D eigenvalue weighted by molar-refractivity contribution is -0.129. The summed E-state index contributed by atoms with van der Waals surface area (Å²) in [5.74, 6) is -0.811. The Hall–Kier alpha value is -5.11. The molecule has 1 aromatic heterocycles. The van der Waals surface area contributed by atoms with Gasteiger partial charge in [-0.3, -0.25) is 28.8 Å². The molecule has 0 unspecified atom stereocenters. The van der Waals surface area contributed by atoms with Crippen LogP contribution in [0.15, 0.2) is 54.9 Å². The lowest BCUT2D eigenvalue weighted by Gasteiger charge is -2.24. The van der Waals surface area contributed by atoms with Crippen LogP contribution in [0.4, 0.5) is 0 Å². The summed E-state index contributed by atoms with van der Waals surface area (Å²) in [5, 5.41) is 15.5. The Kier molecular flexibility index (Phi) is 12.6. The van der Waals surface area contributed by atoms with Crippen LogP contribution in [0.25, 0.3) is 0 Å². The van der Waals surface area contributed by atoms with E-state index in [1.165, 1.54) is 33.3 Å². The molecule has 2 atom stereocenters. The summed E-state index contributed by atoms with van der Waals surface area (Å²) in [4.78, 5) is 54.8. The van der Waals surface area contributed by atoms with Crippen LogP contribution in [-0.2, 0) is 34.4 Å². The van der Waals surface area contributed by atoms with Gasteiger partial charge in [0.25, 0.3) is 5.91 Å². The third-order valence-corrected chi connectivity index (χ3v) is 7.53. The molecule has 47 heavy (non-hydrogen) atoms. The number of rotatable bonds is 6. The molecule has 2 aliphatic heterocycles. The van der Waals surface area contributed by atoms with Gasteiger partial charge < -0.3 is 35.5 Å². The molecular formula is C33H43N7O7. The van der Waals surface area contributed by atoms with Crippen LogP contribution in [0.1, 0.15) is 34.8 Å². The predicted molar refractivity (Wildman–Crippen MR) is 173 cm³/mol. The zero-order valence-electron chi connectivity index (χ0n) is 27.2. The summed E-state index contributed by atoms with van der Waals surface area (Å²) >= 11 is 0. The number of carbonyl (C=O) groups is 4. The average Bonchev–Trinajstić information content (AvgIpc) is 3.47. The number of hydrogen-bond acceptors (Lipinski definition) is 9. The topological polar surface area (TPSA) is 165 Å². The van der Waals surface area contributed by atoms with Gasteiger partial charge in [0.15, 0.2) is 11.5 Å². The summed E-state index contributed by atoms with van der Waals surface area (Å²) in [7, 11) is 4.70. The second-order valence-electron chi connectivity index (χ2n) is 11.2. The van der Waals surface area contributed by atoms with Gasteiger partial charge in [0.05, 0.1) is 33.6 Å². The standard InChI is InChI=1S/C33H43N7O7/c1-22-31(42)38-26(15-23-9-6-5-7-10-23)33(44)35-12-13-40(20-24-18-36-39(2)19-24)21-29(41)34-11-8-14-47-30-27(45-3)16-25(32(43)37-22)17-28(30)46-4/h5-7,9-10,16-19,22,26H,8,11-15,20-21H2,1-4H3,(H,34,41)(H,35,44)(H,37,43)(H,38,42)/t22-,26+/m0/s1. The molecule has 2 bridgehead atoms. The van der Waals surface area contributed by atoms with Crippen LogP contribution in [0.2, 0.25) is 0 Å². The highest BCUT2D eigenvalue weighted by Gasteiger charge is 2.26. The molecule has 5 rings (SSSR count). The lowest BCUT2D eigenvalue weighted by Crippen LogP contribution is -2.54. The second kappa shape index (κ2) is 17.0. The summed E-state index contributed by atoms with van der Waals surface area (Å²) in [6.45, 7) is 3.27. The molecule has 3 aromatic rings. The summed E-state index contributed by atoms with van der Waals surface area (Å²) in [6.07, 6.45) is 4.33. The van der Waals surface area contributed by atoms with Gasteiger partial charge in [-0.2, -0.15) is 5.10 Å². The first-order valence-corrected chi connectivity index (χ1v) is 15.4. The van der Waals surface area contributed by atoms with Crippen molar-refractivity contribution in [2.45, 2.75) is 38.4 Å². The molecule has 3 heterocycles. The number of nitrogens with one attached hydrogen (secondary N) is 4. The Balaban J connectivity index is 1.58. The largest absolute Gasteiger partial charge is 0.493 e. The van der Waals surface area contributed by atoms with Crippen LogP contribution in [0, 0.1) is 0 Å². The molecule has 14 heteroatoms. The van der Waals surface area contributed by atoms with Crippen LogP contribution in [0.5, 0.6) is 17.2 Å². The summed E-state index contributed by atoms with van der Waals surface area (Å²) in [6, 6.07) is 10.4. The Morgan fingerprint density at radius 1 is 0.936 bits per heavy atom. The van der Waals surface area contributed by atoms with Gasteiger partial charge in [0, 0.05) is 57.0 Å². The third-order valence-electron chi connectivity index (χ3n) is 7.53. The van der Waals surface area contributed by atoms with Gasteiger partial charge in [-0.1, -0.05) is 30.3 Å². The first kappa shape index (κ1) is 34.8. The molecule has 2 aliphatic rings. The van der Waals surface area contributed by atoms with E-state index >= 15 is 0 Å². The molecular weight excluding hydrogens is 606 g/mol. The number of carbonyl (C=O) groups excluding carboxylic acids is 4. The van der Waals surface area contributed by atoms with Gasteiger partial charge in [0.2, 0.25) is 23.5 Å². The second-order valence-corrected chi connectivity index (χ2v) is 11.2. The minimum absolute atomic E-state index is 0.0934. The lowest BCUT2D eigenvalue weighted by atomic mass is 10.0. The van der Waals surface area contributed by atoms with Gasteiger partial charge >= 0.3 is 0 Å². The Morgan fingerprint density at radius 2 is 1.66 bits per heavy atom. The molecule has 4 N–H and O–H groups in total. The minimum Gasteiger partial charge on any atom is -0.493 e. The highest BCUT2D eigenvalue weighted by Crippen LogP contribution is 2.38. The minimum atomic E-state index is -0.979. The number of amides is 4. The van der Waals surface area contributed by atoms with E-state index in [0.29, 0.717) is 31.8 Å². The zero-order chi connectivity index (χ0) is 33.8. The molecule has 2 aromatic carbocycles. The van der Waals surface area contributed by atoms with E-state index < -0.39 is 29.8 Å². The van der Waals surface area contributed by atoms with Crippen molar-refractivity contribution in [1.82, 2.24) is 35.9 Å². The fraction of sp³-hybridized carbons (Fsp3) is 0.424. The number of ether oxygens (including phenoxy) is 3. The maximum Gasteiger partial charge on any atom is 0.252 e. The van der Waals surface area contributed by atoms with Gasteiger partial charge in [-0.15, -0.1) is 0 Å². The normalized spacial score (nSPS) is 19.2. The van der Waals surface area contributed by atoms with Crippen molar-refractivity contribution in [3.63, 3.8) is 0 Å². The van der Waals surface area contributed by atoms with Crippen molar-refractivity contribution in [3.05, 3.63) is 71.5 Å². The van der Waals surface area contributed by atoms with Crippen molar-refractivity contribution in [2.75, 3.05) is 47.0 Å². The summed E-state index contributed by atoms with van der Waals surface area (Å²) < 4.78 is 18.6. The van der Waals surface area contributed by atoms with Crippen molar-refractivity contribution >= 4 is 23.6 Å². The van der Waals surface area contributed by atoms with Crippen LogP contribution < -0.4 is 35.5 Å². The fourth-order valence-corrected chi connectivity index (χ4v) is 5.07. The number of aryl methyl sites for hydroxylation is 1. The van der Waals surface area contributed by atoms with Gasteiger partial charge in [-0.25, -0.2) is 0 Å². The molecule has 0 saturated heterocycles. The highest BCUT2D eigenvalue weighted by atomic mass is 16.5. The SMILES string of the molecule is COc1cc2cc(OC)c1OCCCNC(=O)CN(Cc1cnn(C)c1)CCNC(=O)[C@@H](Cc1ccccc1)NC(=O)[C@H](C)NC2=O. The van der Waals surface area contributed by atoms with Crippen molar-refractivity contribution in [2.24, 2.45) is 7.05 Å². The quantitative estimate of drug-likeness (QED) is 0.283. The molecule has 0 saturated carbocycles. The number of fused-ring (bicyclic) bond motifs is 19. The van der Waals surface area contributed by atoms with Gasteiger partial charge in [-0.05, 0) is 31.0 Å². The average molecular weight is 650 g/mol. The van der Waals surface area contributed by atoms with E-state index in [2.05, 4.69) is 26.4 Å². The zero-order valence-corrected chi connectivity index (χ0v) is 27.2. The van der Waals surface area contributed by atoms with Crippen LogP contribution in [-0.4, -0.2) is 97.4 Å². The number of hydrogen-bond donors (Lipinski definition) is 4. The fourth-order valence-electron chi connectivity index (χ4n) is 5.07. The van der Waals surface area contributed by atoms with Crippen molar-refractivity contribution in [1.29, 1.82) is 0 Å². The molecule has 0 radical (unpaired) electrons. The highest BCUT2D eigenvalue weighted by molar-refractivity contribution is 5.99. The van der Waals surface area contributed by atoms with Crippen LogP contribution >= 0.6 is 0 Å². The van der Waals surface area contributed by atoms with E-state index in [1.807, 2.05) is 48.5 Å². The Morgan fingerprint density at radius 3 is 2.32 bits per heavy atom. The van der Waals surface area contributed by atoms with E-state index in [0.717, 1.165) is 11.1 Å². The van der Waals surface area contributed by atoms with E-state index in [-0.39, 0.29) is 49.1 Å². The Bertz CT molecular complexity index is 1500. The molecule has 0 fully saturated rings. The van der Waals surface area contributed by atoms with Gasteiger partial charge in [0.1, 0.15) is 12.1 Å². The predicted octanol–water partition coefficient (Wildman–Crippen LogP) is 0.800. The first-order valence-electron chi connectivity index (χ1n) is 15.4. The smallest absolute Gasteiger partial charge is 0.252 e. The maximum absolute atomic E-state index is 13.5. The molecule has 4 amide bonds. The summed E-state index contributed by atoms with van der Waals surface area (Å²) in [5.41, 5.74) is 1.96. The molecule has 14 nitrogen and oxygen atoms in total. The van der Waals surface area contributed by atoms with Crippen LogP contribution in [0.3, 0.4) is 0 Å². The number of benzene rings is 2. The first-order chi connectivity index (χ1) is 22.7. The number of aromatic nitrogens is 2. The molecule has 0 spiro atoms. The number of methoxy groups -OCH3 is 2. The molecule has 0 aliphatic carbocycles. The van der Waals surface area contributed by atoms with Crippen molar-refractivity contribution < 1.29 is 33.4 Å². The van der Waals surface area contributed by atoms with E-state index in [1.54, 1.807) is 10.9 Å².